The average Bonchev–Trinajstić information content (AvgIpc) is 2.60. The minimum atomic E-state index is -3.73. The summed E-state index contributed by atoms with van der Waals surface area (Å²) in [7, 11) is -3.73. The van der Waals surface area contributed by atoms with E-state index in [0.717, 1.165) is 0 Å². The minimum absolute atomic E-state index is 0.0273. The second-order valence-corrected chi connectivity index (χ2v) is 7.15. The smallest absolute Gasteiger partial charge is 0.251 e. The van der Waals surface area contributed by atoms with Crippen LogP contribution in [-0.2, 0) is 10.0 Å². The van der Waals surface area contributed by atoms with Crippen molar-refractivity contribution >= 4 is 15.9 Å². The molecule has 0 aromatic heterocycles. The van der Waals surface area contributed by atoms with E-state index in [1.807, 2.05) is 0 Å². The highest BCUT2D eigenvalue weighted by Crippen LogP contribution is 2.17. The normalized spacial score (nSPS) is 12.4. The van der Waals surface area contributed by atoms with Gasteiger partial charge in [0.15, 0.2) is 0 Å². The van der Waals surface area contributed by atoms with E-state index in [0.29, 0.717) is 5.56 Å². The molecule has 0 bridgehead atoms. The van der Waals surface area contributed by atoms with Crippen LogP contribution in [-0.4, -0.2) is 20.9 Å². The number of nitrogens with one attached hydrogen (secondary N) is 2. The fraction of sp³-hybridized carbons (Fsp3) is 0.167. The number of rotatable bonds is 7. The van der Waals surface area contributed by atoms with E-state index in [4.69, 9.17) is 0 Å². The van der Waals surface area contributed by atoms with Crippen molar-refractivity contribution in [1.82, 2.24) is 10.0 Å². The molecule has 0 aliphatic heterocycles. The van der Waals surface area contributed by atoms with Crippen molar-refractivity contribution in [2.45, 2.75) is 17.9 Å². The summed E-state index contributed by atoms with van der Waals surface area (Å²) in [4.78, 5) is 12.3. The zero-order valence-electron chi connectivity index (χ0n) is 13.7. The van der Waals surface area contributed by atoms with Gasteiger partial charge in [0.1, 0.15) is 5.82 Å². The third kappa shape index (κ3) is 4.74. The molecule has 5 nitrogen and oxygen atoms in total. The second kappa shape index (κ2) is 8.04. The highest BCUT2D eigenvalue weighted by molar-refractivity contribution is 7.89. The van der Waals surface area contributed by atoms with Crippen LogP contribution in [0.1, 0.15) is 28.9 Å². The molecule has 1 amide bonds. The quantitative estimate of drug-likeness (QED) is 0.744. The van der Waals surface area contributed by atoms with E-state index in [1.54, 1.807) is 25.1 Å². The molecule has 0 aliphatic carbocycles. The summed E-state index contributed by atoms with van der Waals surface area (Å²) in [5.41, 5.74) is 0.525. The third-order valence-corrected chi connectivity index (χ3v) is 4.96. The molecule has 0 saturated heterocycles. The van der Waals surface area contributed by atoms with Crippen LogP contribution in [0.3, 0.4) is 0 Å². The SMILES string of the molecule is C=CCNS(=O)(=O)c1cccc(C(=O)NC(C)c2ccccc2F)c1. The standard InChI is InChI=1S/C18H19FN2O3S/c1-3-11-20-25(23,24)15-8-6-7-14(12-15)18(22)21-13(2)16-9-4-5-10-17(16)19/h3-10,12-13,20H,1,11H2,2H3,(H,21,22). The maximum absolute atomic E-state index is 13.8. The molecular weight excluding hydrogens is 343 g/mol. The van der Waals surface area contributed by atoms with Crippen molar-refractivity contribution in [1.29, 1.82) is 0 Å². The molecule has 2 aromatic rings. The Balaban J connectivity index is 2.19. The molecule has 2 N–H and O–H groups in total. The number of amides is 1. The Morgan fingerprint density at radius 3 is 2.64 bits per heavy atom. The van der Waals surface area contributed by atoms with E-state index in [-0.39, 0.29) is 17.0 Å². The number of halogens is 1. The zero-order valence-corrected chi connectivity index (χ0v) is 14.5. The number of sulfonamides is 1. The molecule has 0 saturated carbocycles. The Morgan fingerprint density at radius 1 is 1.24 bits per heavy atom. The number of hydrogen-bond donors (Lipinski definition) is 2. The molecule has 0 fully saturated rings. The van der Waals surface area contributed by atoms with Gasteiger partial charge < -0.3 is 5.32 Å². The fourth-order valence-corrected chi connectivity index (χ4v) is 3.28. The van der Waals surface area contributed by atoms with Crippen molar-refractivity contribution in [3.8, 4) is 0 Å². The largest absolute Gasteiger partial charge is 0.345 e. The predicted molar refractivity (Wildman–Crippen MR) is 94.1 cm³/mol. The third-order valence-electron chi connectivity index (χ3n) is 3.54. The minimum Gasteiger partial charge on any atom is -0.345 e. The van der Waals surface area contributed by atoms with Crippen LogP contribution in [0.2, 0.25) is 0 Å². The number of carbonyl (C=O) groups excluding carboxylic acids is 1. The van der Waals surface area contributed by atoms with Gasteiger partial charge in [0.2, 0.25) is 10.0 Å². The Bertz CT molecular complexity index is 881. The Hall–Kier alpha value is -2.51. The summed E-state index contributed by atoms with van der Waals surface area (Å²) >= 11 is 0. The van der Waals surface area contributed by atoms with Crippen LogP contribution in [0, 0.1) is 5.82 Å². The summed E-state index contributed by atoms with van der Waals surface area (Å²) in [5.74, 6) is -0.906. The van der Waals surface area contributed by atoms with Gasteiger partial charge in [-0.05, 0) is 31.2 Å². The lowest BCUT2D eigenvalue weighted by Crippen LogP contribution is -2.28. The van der Waals surface area contributed by atoms with Gasteiger partial charge in [0, 0.05) is 17.7 Å². The molecule has 2 rings (SSSR count). The van der Waals surface area contributed by atoms with Crippen LogP contribution < -0.4 is 10.0 Å². The number of carbonyl (C=O) groups is 1. The molecule has 2 aromatic carbocycles. The maximum atomic E-state index is 13.8. The predicted octanol–water partition coefficient (Wildman–Crippen LogP) is 2.78. The molecule has 132 valence electrons. The van der Waals surface area contributed by atoms with E-state index in [2.05, 4.69) is 16.6 Å². The molecule has 1 unspecified atom stereocenters. The lowest BCUT2D eigenvalue weighted by molar-refractivity contribution is 0.0939. The second-order valence-electron chi connectivity index (χ2n) is 5.39. The van der Waals surface area contributed by atoms with Gasteiger partial charge in [-0.2, -0.15) is 0 Å². The Labute approximate surface area is 146 Å². The Kier molecular flexibility index (Phi) is 6.06. The first-order chi connectivity index (χ1) is 11.8. The summed E-state index contributed by atoms with van der Waals surface area (Å²) in [5, 5.41) is 2.66. The van der Waals surface area contributed by atoms with Gasteiger partial charge in [0.05, 0.1) is 10.9 Å². The Morgan fingerprint density at radius 2 is 1.96 bits per heavy atom. The maximum Gasteiger partial charge on any atom is 0.251 e. The van der Waals surface area contributed by atoms with E-state index < -0.39 is 27.8 Å². The topological polar surface area (TPSA) is 75.3 Å². The van der Waals surface area contributed by atoms with Gasteiger partial charge >= 0.3 is 0 Å². The molecular formula is C18H19FN2O3S. The molecule has 0 heterocycles. The molecule has 1 atom stereocenters. The first-order valence-corrected chi connectivity index (χ1v) is 9.09. The van der Waals surface area contributed by atoms with Gasteiger partial charge in [-0.3, -0.25) is 4.79 Å². The molecule has 0 radical (unpaired) electrons. The first kappa shape index (κ1) is 18.8. The first-order valence-electron chi connectivity index (χ1n) is 7.61. The van der Waals surface area contributed by atoms with Gasteiger partial charge in [-0.15, -0.1) is 6.58 Å². The van der Waals surface area contributed by atoms with Crippen LogP contribution in [0.5, 0.6) is 0 Å². The van der Waals surface area contributed by atoms with Crippen molar-refractivity contribution in [2.24, 2.45) is 0 Å². The van der Waals surface area contributed by atoms with E-state index >= 15 is 0 Å². The van der Waals surface area contributed by atoms with Crippen molar-refractivity contribution in [3.05, 3.63) is 78.1 Å². The lowest BCUT2D eigenvalue weighted by atomic mass is 10.1. The highest BCUT2D eigenvalue weighted by Gasteiger charge is 2.18. The summed E-state index contributed by atoms with van der Waals surface area (Å²) in [6, 6.07) is 11.2. The average molecular weight is 362 g/mol. The molecule has 25 heavy (non-hydrogen) atoms. The van der Waals surface area contributed by atoms with Crippen LogP contribution in [0.15, 0.2) is 66.1 Å². The zero-order chi connectivity index (χ0) is 18.4. The van der Waals surface area contributed by atoms with Crippen LogP contribution in [0.4, 0.5) is 4.39 Å². The molecule has 7 heteroatoms. The highest BCUT2D eigenvalue weighted by atomic mass is 32.2. The van der Waals surface area contributed by atoms with E-state index in [1.165, 1.54) is 36.4 Å². The monoisotopic (exact) mass is 362 g/mol. The van der Waals surface area contributed by atoms with Crippen LogP contribution in [0.25, 0.3) is 0 Å². The van der Waals surface area contributed by atoms with E-state index in [9.17, 15) is 17.6 Å². The van der Waals surface area contributed by atoms with Gasteiger partial charge in [-0.1, -0.05) is 30.3 Å². The summed E-state index contributed by atoms with van der Waals surface area (Å²) in [6.45, 7) is 5.19. The lowest BCUT2D eigenvalue weighted by Gasteiger charge is -2.15. The van der Waals surface area contributed by atoms with Crippen molar-refractivity contribution in [2.75, 3.05) is 6.54 Å². The number of hydrogen-bond acceptors (Lipinski definition) is 3. The molecule has 0 aliphatic rings. The summed E-state index contributed by atoms with van der Waals surface area (Å²) < 4.78 is 40.4. The van der Waals surface area contributed by atoms with Gasteiger partial charge in [-0.25, -0.2) is 17.5 Å². The summed E-state index contributed by atoms with van der Waals surface area (Å²) in [6.07, 6.45) is 1.42. The van der Waals surface area contributed by atoms with Crippen molar-refractivity contribution < 1.29 is 17.6 Å². The fourth-order valence-electron chi connectivity index (χ4n) is 2.24. The van der Waals surface area contributed by atoms with Crippen molar-refractivity contribution in [3.63, 3.8) is 0 Å². The van der Waals surface area contributed by atoms with Crippen LogP contribution >= 0.6 is 0 Å². The number of benzene rings is 2. The molecule has 0 spiro atoms. The van der Waals surface area contributed by atoms with Gasteiger partial charge in [0.25, 0.3) is 5.91 Å².